The molecule has 0 amide bonds. The van der Waals surface area contributed by atoms with Crippen molar-refractivity contribution in [3.05, 3.63) is 0 Å². The van der Waals surface area contributed by atoms with Gasteiger partial charge in [0.25, 0.3) is 0 Å². The van der Waals surface area contributed by atoms with Gasteiger partial charge in [0.2, 0.25) is 0 Å². The summed E-state index contributed by atoms with van der Waals surface area (Å²) in [7, 11) is 0. The molecule has 11 heteroatoms. The SMILES string of the molecule is CCCCCC(=O)OCCOCCOCCOCCOCCOCCOCCOCCOC1CCCCO1. The molecule has 1 aliphatic heterocycles. The molecule has 0 radical (unpaired) electrons. The Labute approximate surface area is 229 Å². The zero-order valence-corrected chi connectivity index (χ0v) is 23.5. The van der Waals surface area contributed by atoms with Gasteiger partial charge in [-0.25, -0.2) is 0 Å². The van der Waals surface area contributed by atoms with Crippen LogP contribution in [0, 0.1) is 0 Å². The predicted molar refractivity (Wildman–Crippen MR) is 140 cm³/mol. The van der Waals surface area contributed by atoms with E-state index >= 15 is 0 Å². The number of unbranched alkanes of at least 4 members (excludes halogenated alkanes) is 2. The topological polar surface area (TPSA) is 109 Å². The van der Waals surface area contributed by atoms with Gasteiger partial charge in [-0.3, -0.25) is 4.79 Å². The van der Waals surface area contributed by atoms with Crippen molar-refractivity contribution < 1.29 is 52.2 Å². The van der Waals surface area contributed by atoms with Crippen LogP contribution in [0.5, 0.6) is 0 Å². The third-order valence-electron chi connectivity index (χ3n) is 5.38. The van der Waals surface area contributed by atoms with E-state index in [1.54, 1.807) is 0 Å². The minimum Gasteiger partial charge on any atom is -0.463 e. The minimum atomic E-state index is -0.155. The van der Waals surface area contributed by atoms with E-state index in [4.69, 9.17) is 47.4 Å². The Balaban J connectivity index is 1.63. The molecule has 1 fully saturated rings. The molecule has 1 unspecified atom stereocenters. The Morgan fingerprint density at radius 1 is 0.605 bits per heavy atom. The van der Waals surface area contributed by atoms with Crippen molar-refractivity contribution in [2.75, 3.05) is 112 Å². The normalized spacial score (nSPS) is 15.7. The Morgan fingerprint density at radius 2 is 1.05 bits per heavy atom. The largest absolute Gasteiger partial charge is 0.463 e. The Bertz CT molecular complexity index is 490. The lowest BCUT2D eigenvalue weighted by molar-refractivity contribution is -0.169. The molecule has 11 nitrogen and oxygen atoms in total. The molecule has 0 bridgehead atoms. The highest BCUT2D eigenvalue weighted by Gasteiger charge is 2.13. The maximum Gasteiger partial charge on any atom is 0.305 e. The zero-order chi connectivity index (χ0) is 27.2. The van der Waals surface area contributed by atoms with Crippen LogP contribution in [0.4, 0.5) is 0 Å². The van der Waals surface area contributed by atoms with Gasteiger partial charge in [-0.1, -0.05) is 19.8 Å². The van der Waals surface area contributed by atoms with E-state index in [9.17, 15) is 4.79 Å². The summed E-state index contributed by atoms with van der Waals surface area (Å²) in [4.78, 5) is 11.4. The average Bonchev–Trinajstić information content (AvgIpc) is 2.93. The smallest absolute Gasteiger partial charge is 0.305 e. The van der Waals surface area contributed by atoms with Gasteiger partial charge in [0.05, 0.1) is 99.1 Å². The van der Waals surface area contributed by atoms with Crippen LogP contribution in [0.25, 0.3) is 0 Å². The van der Waals surface area contributed by atoms with Crippen molar-refractivity contribution in [2.24, 2.45) is 0 Å². The van der Waals surface area contributed by atoms with Crippen molar-refractivity contribution in [1.82, 2.24) is 0 Å². The van der Waals surface area contributed by atoms with Crippen LogP contribution < -0.4 is 0 Å². The average molecular weight is 553 g/mol. The summed E-state index contributed by atoms with van der Waals surface area (Å²) in [5, 5.41) is 0. The first-order valence-corrected chi connectivity index (χ1v) is 14.3. The van der Waals surface area contributed by atoms with E-state index in [-0.39, 0.29) is 18.9 Å². The molecule has 1 rings (SSSR count). The second-order valence-corrected chi connectivity index (χ2v) is 8.63. The van der Waals surface area contributed by atoms with E-state index in [0.29, 0.717) is 106 Å². The van der Waals surface area contributed by atoms with Crippen LogP contribution in [-0.4, -0.2) is 125 Å². The van der Waals surface area contributed by atoms with Gasteiger partial charge in [-0.05, 0) is 25.7 Å². The number of rotatable bonds is 29. The van der Waals surface area contributed by atoms with Crippen LogP contribution in [0.3, 0.4) is 0 Å². The molecule has 1 heterocycles. The molecule has 0 spiro atoms. The molecule has 1 atom stereocenters. The van der Waals surface area contributed by atoms with E-state index in [2.05, 4.69) is 6.92 Å². The Kier molecular flexibility index (Phi) is 26.9. The second-order valence-electron chi connectivity index (χ2n) is 8.63. The van der Waals surface area contributed by atoms with Crippen molar-refractivity contribution >= 4 is 5.97 Å². The van der Waals surface area contributed by atoms with Crippen molar-refractivity contribution in [3.8, 4) is 0 Å². The molecule has 0 aromatic carbocycles. The first-order valence-electron chi connectivity index (χ1n) is 14.3. The van der Waals surface area contributed by atoms with E-state index in [1.807, 2.05) is 0 Å². The summed E-state index contributed by atoms with van der Waals surface area (Å²) < 4.78 is 54.3. The molecule has 226 valence electrons. The first-order chi connectivity index (χ1) is 18.8. The maximum absolute atomic E-state index is 11.4. The molecule has 0 saturated carbocycles. The van der Waals surface area contributed by atoms with Crippen molar-refractivity contribution in [1.29, 1.82) is 0 Å². The number of hydrogen-bond acceptors (Lipinski definition) is 11. The van der Waals surface area contributed by atoms with Crippen molar-refractivity contribution in [3.63, 3.8) is 0 Å². The summed E-state index contributed by atoms with van der Waals surface area (Å²) in [6.07, 6.45) is 6.71. The lowest BCUT2D eigenvalue weighted by Gasteiger charge is -2.22. The number of carbonyl (C=O) groups excluding carboxylic acids is 1. The molecular formula is C27H52O11. The van der Waals surface area contributed by atoms with Gasteiger partial charge in [-0.2, -0.15) is 0 Å². The Morgan fingerprint density at radius 3 is 1.47 bits per heavy atom. The fourth-order valence-electron chi connectivity index (χ4n) is 3.31. The molecule has 1 saturated heterocycles. The lowest BCUT2D eigenvalue weighted by atomic mass is 10.2. The van der Waals surface area contributed by atoms with E-state index < -0.39 is 0 Å². The minimum absolute atomic E-state index is 0.0644. The first kappa shape index (κ1) is 35.1. The third-order valence-corrected chi connectivity index (χ3v) is 5.38. The third kappa shape index (κ3) is 25.4. The monoisotopic (exact) mass is 552 g/mol. The summed E-state index contributed by atoms with van der Waals surface area (Å²) in [6.45, 7) is 10.7. The molecule has 38 heavy (non-hydrogen) atoms. The van der Waals surface area contributed by atoms with E-state index in [1.165, 1.54) is 6.42 Å². The van der Waals surface area contributed by atoms with Gasteiger partial charge in [-0.15, -0.1) is 0 Å². The van der Waals surface area contributed by atoms with Gasteiger partial charge < -0.3 is 47.4 Å². The quantitative estimate of drug-likeness (QED) is 0.101. The lowest BCUT2D eigenvalue weighted by Crippen LogP contribution is -2.24. The molecule has 0 aromatic rings. The van der Waals surface area contributed by atoms with E-state index in [0.717, 1.165) is 38.7 Å². The molecule has 0 aliphatic carbocycles. The van der Waals surface area contributed by atoms with Crippen LogP contribution >= 0.6 is 0 Å². The molecule has 0 aromatic heterocycles. The molecular weight excluding hydrogens is 500 g/mol. The van der Waals surface area contributed by atoms with Gasteiger partial charge in [0.1, 0.15) is 6.61 Å². The van der Waals surface area contributed by atoms with Gasteiger partial charge >= 0.3 is 5.97 Å². The zero-order valence-electron chi connectivity index (χ0n) is 23.5. The number of hydrogen-bond donors (Lipinski definition) is 0. The fraction of sp³-hybridized carbons (Fsp3) is 0.963. The fourth-order valence-corrected chi connectivity index (χ4v) is 3.31. The van der Waals surface area contributed by atoms with Gasteiger partial charge in [0, 0.05) is 13.0 Å². The second kappa shape index (κ2) is 29.1. The van der Waals surface area contributed by atoms with Crippen LogP contribution in [0.1, 0.15) is 51.9 Å². The van der Waals surface area contributed by atoms with Crippen LogP contribution in [0.15, 0.2) is 0 Å². The maximum atomic E-state index is 11.4. The number of ether oxygens (including phenoxy) is 10. The predicted octanol–water partition coefficient (Wildman–Crippen LogP) is 2.77. The molecule has 1 aliphatic rings. The number of esters is 1. The highest BCUT2D eigenvalue weighted by molar-refractivity contribution is 5.69. The Hall–Kier alpha value is -0.890. The summed E-state index contributed by atoms with van der Waals surface area (Å²) >= 11 is 0. The standard InChI is InChI=1S/C27H52O11/c1-2-3-4-7-26(28)36-24-22-34-20-18-32-16-14-30-12-10-29-11-13-31-15-17-33-19-21-35-23-25-38-27-8-5-6-9-37-27/h27H,2-25H2,1H3. The summed E-state index contributed by atoms with van der Waals surface area (Å²) in [6, 6.07) is 0. The van der Waals surface area contributed by atoms with Crippen LogP contribution in [-0.2, 0) is 52.2 Å². The van der Waals surface area contributed by atoms with Crippen LogP contribution in [0.2, 0.25) is 0 Å². The molecule has 0 N–H and O–H groups in total. The summed E-state index contributed by atoms with van der Waals surface area (Å²) in [5.41, 5.74) is 0. The van der Waals surface area contributed by atoms with Crippen molar-refractivity contribution in [2.45, 2.75) is 58.2 Å². The summed E-state index contributed by atoms with van der Waals surface area (Å²) in [5.74, 6) is -0.155. The number of carbonyl (C=O) groups is 1. The highest BCUT2D eigenvalue weighted by atomic mass is 16.7. The highest BCUT2D eigenvalue weighted by Crippen LogP contribution is 2.13. The van der Waals surface area contributed by atoms with Gasteiger partial charge in [0.15, 0.2) is 6.29 Å².